The molecule has 0 aromatic carbocycles. The largest absolute Gasteiger partial charge is 0.264 e. The predicted octanol–water partition coefficient (Wildman–Crippen LogP) is 4.73. The fourth-order valence-corrected chi connectivity index (χ4v) is 1.95. The van der Waals surface area contributed by atoms with Gasteiger partial charge in [0.25, 0.3) is 0 Å². The summed E-state index contributed by atoms with van der Waals surface area (Å²) >= 11 is 0. The number of hydrogen-bond donors (Lipinski definition) is 0. The number of aryl methyl sites for hydroxylation is 1. The van der Waals surface area contributed by atoms with Crippen LogP contribution in [-0.4, -0.2) is 11.7 Å². The highest BCUT2D eigenvalue weighted by molar-refractivity contribution is 5.80. The van der Waals surface area contributed by atoms with Crippen molar-refractivity contribution in [2.24, 2.45) is 4.99 Å². The molecule has 0 bridgehead atoms. The summed E-state index contributed by atoms with van der Waals surface area (Å²) in [6.45, 7) is 13.8. The second kappa shape index (κ2) is 7.47. The van der Waals surface area contributed by atoms with Crippen molar-refractivity contribution in [2.45, 2.75) is 33.6 Å². The Balaban J connectivity index is 3.39. The van der Waals surface area contributed by atoms with Crippen LogP contribution in [0.4, 0.5) is 0 Å². The standard InChI is InChI=1S/C17H22N2/c1-6-9-16(15-11-10-13(4)19-12-15)17(18-5)14(7-2)8-3/h7,9-12H,2,5-6,8H2,1,3-4H3/b16-9-,17-14+. The number of aliphatic imine (C=N–C) groups is 1. The van der Waals surface area contributed by atoms with Crippen LogP contribution in [0.5, 0.6) is 0 Å². The topological polar surface area (TPSA) is 25.2 Å². The van der Waals surface area contributed by atoms with Crippen LogP contribution in [0, 0.1) is 6.92 Å². The van der Waals surface area contributed by atoms with Crippen LogP contribution in [0.15, 0.2) is 53.3 Å². The smallest absolute Gasteiger partial charge is 0.0729 e. The van der Waals surface area contributed by atoms with Crippen molar-refractivity contribution in [2.75, 3.05) is 0 Å². The molecule has 0 aliphatic carbocycles. The van der Waals surface area contributed by atoms with Gasteiger partial charge in [0.1, 0.15) is 0 Å². The Kier molecular flexibility index (Phi) is 5.94. The lowest BCUT2D eigenvalue weighted by Crippen LogP contribution is -1.94. The maximum atomic E-state index is 4.36. The number of allylic oxidation sites excluding steroid dienone is 4. The van der Waals surface area contributed by atoms with Crippen molar-refractivity contribution >= 4 is 12.3 Å². The minimum absolute atomic E-state index is 0.887. The van der Waals surface area contributed by atoms with E-state index in [1.54, 1.807) is 0 Å². The van der Waals surface area contributed by atoms with Crippen molar-refractivity contribution in [3.05, 3.63) is 59.6 Å². The number of rotatable bonds is 6. The Morgan fingerprint density at radius 3 is 2.53 bits per heavy atom. The zero-order valence-electron chi connectivity index (χ0n) is 12.1. The van der Waals surface area contributed by atoms with Gasteiger partial charge in [-0.15, -0.1) is 0 Å². The van der Waals surface area contributed by atoms with Crippen molar-refractivity contribution in [3.8, 4) is 0 Å². The molecule has 0 spiro atoms. The molecule has 1 aromatic rings. The Hall–Kier alpha value is -1.96. The van der Waals surface area contributed by atoms with Crippen LogP contribution >= 0.6 is 0 Å². The molecule has 0 saturated carbocycles. The van der Waals surface area contributed by atoms with Crippen molar-refractivity contribution in [3.63, 3.8) is 0 Å². The summed E-state index contributed by atoms with van der Waals surface area (Å²) in [5.41, 5.74) is 5.18. The molecule has 0 radical (unpaired) electrons. The Morgan fingerprint density at radius 2 is 2.11 bits per heavy atom. The van der Waals surface area contributed by atoms with E-state index in [4.69, 9.17) is 0 Å². The number of hydrogen-bond acceptors (Lipinski definition) is 2. The van der Waals surface area contributed by atoms with Crippen LogP contribution in [0.2, 0.25) is 0 Å². The Labute approximate surface area is 116 Å². The highest BCUT2D eigenvalue weighted by Crippen LogP contribution is 2.28. The fourth-order valence-electron chi connectivity index (χ4n) is 1.95. The minimum atomic E-state index is 0.887. The van der Waals surface area contributed by atoms with Gasteiger partial charge in [-0.3, -0.25) is 9.98 Å². The quantitative estimate of drug-likeness (QED) is 0.532. The molecule has 2 nitrogen and oxygen atoms in total. The molecule has 0 aliphatic rings. The molecule has 0 fully saturated rings. The first kappa shape index (κ1) is 15.1. The maximum Gasteiger partial charge on any atom is 0.0729 e. The monoisotopic (exact) mass is 254 g/mol. The van der Waals surface area contributed by atoms with E-state index in [0.717, 1.165) is 40.9 Å². The summed E-state index contributed by atoms with van der Waals surface area (Å²) in [6.07, 6.45) is 7.73. The summed E-state index contributed by atoms with van der Waals surface area (Å²) in [5, 5.41) is 0. The van der Waals surface area contributed by atoms with Crippen LogP contribution in [-0.2, 0) is 0 Å². The highest BCUT2D eigenvalue weighted by Gasteiger charge is 2.10. The van der Waals surface area contributed by atoms with Crippen LogP contribution in [0.3, 0.4) is 0 Å². The van der Waals surface area contributed by atoms with E-state index >= 15 is 0 Å². The first-order valence-corrected chi connectivity index (χ1v) is 6.63. The average Bonchev–Trinajstić information content (AvgIpc) is 2.44. The van der Waals surface area contributed by atoms with E-state index in [1.807, 2.05) is 25.3 Å². The van der Waals surface area contributed by atoms with Gasteiger partial charge >= 0.3 is 0 Å². The third kappa shape index (κ3) is 3.75. The molecule has 1 aromatic heterocycles. The van der Waals surface area contributed by atoms with Gasteiger partial charge in [0.2, 0.25) is 0 Å². The molecule has 0 atom stereocenters. The molecule has 1 rings (SSSR count). The van der Waals surface area contributed by atoms with Gasteiger partial charge in [-0.05, 0) is 38.1 Å². The van der Waals surface area contributed by atoms with Gasteiger partial charge in [-0.25, -0.2) is 0 Å². The van der Waals surface area contributed by atoms with E-state index in [0.29, 0.717) is 0 Å². The first-order chi connectivity index (χ1) is 9.17. The summed E-state index contributed by atoms with van der Waals surface area (Å²) in [7, 11) is 0. The lowest BCUT2D eigenvalue weighted by Gasteiger charge is -2.12. The molecule has 100 valence electrons. The number of nitrogens with zero attached hydrogens (tertiary/aromatic N) is 2. The van der Waals surface area contributed by atoms with Gasteiger partial charge in [-0.1, -0.05) is 38.6 Å². The van der Waals surface area contributed by atoms with Gasteiger partial charge in [0.05, 0.1) is 5.70 Å². The Morgan fingerprint density at radius 1 is 1.37 bits per heavy atom. The molecule has 1 heterocycles. The van der Waals surface area contributed by atoms with E-state index < -0.39 is 0 Å². The van der Waals surface area contributed by atoms with E-state index in [-0.39, 0.29) is 0 Å². The fraction of sp³-hybridized carbons (Fsp3) is 0.294. The van der Waals surface area contributed by atoms with Crippen molar-refractivity contribution in [1.82, 2.24) is 4.98 Å². The SMILES string of the molecule is C=C/C(CC)=C(N=C)/C(=C\CC)c1ccc(C)nc1. The van der Waals surface area contributed by atoms with Crippen molar-refractivity contribution in [1.29, 1.82) is 0 Å². The van der Waals surface area contributed by atoms with E-state index in [9.17, 15) is 0 Å². The zero-order chi connectivity index (χ0) is 14.3. The van der Waals surface area contributed by atoms with Crippen LogP contribution < -0.4 is 0 Å². The van der Waals surface area contributed by atoms with Gasteiger partial charge in [0, 0.05) is 23.0 Å². The third-order valence-corrected chi connectivity index (χ3v) is 2.98. The van der Waals surface area contributed by atoms with E-state index in [1.165, 1.54) is 0 Å². The molecule has 0 unspecified atom stereocenters. The van der Waals surface area contributed by atoms with Gasteiger partial charge in [-0.2, -0.15) is 0 Å². The normalized spacial score (nSPS) is 12.9. The molecule has 19 heavy (non-hydrogen) atoms. The summed E-state index contributed by atoms with van der Waals surface area (Å²) in [6, 6.07) is 4.09. The predicted molar refractivity (Wildman–Crippen MR) is 84.3 cm³/mol. The minimum Gasteiger partial charge on any atom is -0.264 e. The number of aromatic nitrogens is 1. The molecule has 0 aliphatic heterocycles. The summed E-state index contributed by atoms with van der Waals surface area (Å²) < 4.78 is 0. The molecule has 2 heteroatoms. The summed E-state index contributed by atoms with van der Waals surface area (Å²) in [4.78, 5) is 8.57. The number of pyridine rings is 1. The molecule has 0 amide bonds. The zero-order valence-corrected chi connectivity index (χ0v) is 12.1. The molecule has 0 N–H and O–H groups in total. The second-order valence-electron chi connectivity index (χ2n) is 4.30. The maximum absolute atomic E-state index is 4.36. The lowest BCUT2D eigenvalue weighted by atomic mass is 9.98. The third-order valence-electron chi connectivity index (χ3n) is 2.98. The van der Waals surface area contributed by atoms with Crippen LogP contribution in [0.1, 0.15) is 37.9 Å². The summed E-state index contributed by atoms with van der Waals surface area (Å²) in [5.74, 6) is 0. The first-order valence-electron chi connectivity index (χ1n) is 6.63. The van der Waals surface area contributed by atoms with Crippen molar-refractivity contribution < 1.29 is 0 Å². The lowest BCUT2D eigenvalue weighted by molar-refractivity contribution is 1.11. The molecular formula is C17H22N2. The van der Waals surface area contributed by atoms with Gasteiger partial charge in [0.15, 0.2) is 0 Å². The Bertz CT molecular complexity index is 505. The molecular weight excluding hydrogens is 232 g/mol. The average molecular weight is 254 g/mol. The van der Waals surface area contributed by atoms with Crippen LogP contribution in [0.25, 0.3) is 5.57 Å². The second-order valence-corrected chi connectivity index (χ2v) is 4.30. The molecule has 0 saturated heterocycles. The highest BCUT2D eigenvalue weighted by atomic mass is 14.7. The van der Waals surface area contributed by atoms with Gasteiger partial charge < -0.3 is 0 Å². The van der Waals surface area contributed by atoms with E-state index in [2.05, 4.69) is 49.3 Å².